The van der Waals surface area contributed by atoms with E-state index < -0.39 is 0 Å². The molecule has 0 bridgehead atoms. The van der Waals surface area contributed by atoms with Gasteiger partial charge in [-0.25, -0.2) is 9.37 Å². The molecule has 1 amide bonds. The molecule has 0 spiro atoms. The Hall–Kier alpha value is -3.19. The SMILES string of the molecule is COc1ccc(-c2cn3c(CC(=O)Nc4ccc(C)c(F)c4)csc3n2)cc1. The van der Waals surface area contributed by atoms with E-state index in [1.54, 1.807) is 26.2 Å². The fourth-order valence-corrected chi connectivity index (χ4v) is 3.77. The van der Waals surface area contributed by atoms with Crippen LogP contribution < -0.4 is 10.1 Å². The highest BCUT2D eigenvalue weighted by molar-refractivity contribution is 7.15. The molecular weight excluding hydrogens is 377 g/mol. The summed E-state index contributed by atoms with van der Waals surface area (Å²) in [6, 6.07) is 12.3. The number of anilines is 1. The van der Waals surface area contributed by atoms with Gasteiger partial charge in [0.25, 0.3) is 0 Å². The van der Waals surface area contributed by atoms with E-state index in [1.807, 2.05) is 40.2 Å². The minimum atomic E-state index is -0.338. The average Bonchev–Trinajstić information content (AvgIpc) is 3.27. The lowest BCUT2D eigenvalue weighted by Gasteiger charge is -2.06. The predicted molar refractivity (Wildman–Crippen MR) is 109 cm³/mol. The summed E-state index contributed by atoms with van der Waals surface area (Å²) < 4.78 is 20.8. The van der Waals surface area contributed by atoms with Crippen molar-refractivity contribution in [2.45, 2.75) is 13.3 Å². The van der Waals surface area contributed by atoms with Gasteiger partial charge in [-0.2, -0.15) is 0 Å². The molecule has 4 rings (SSSR count). The van der Waals surface area contributed by atoms with Gasteiger partial charge in [0.05, 0.1) is 19.2 Å². The molecule has 2 aromatic carbocycles. The number of imidazole rings is 1. The van der Waals surface area contributed by atoms with Crippen molar-refractivity contribution in [3.05, 3.63) is 71.1 Å². The fourth-order valence-electron chi connectivity index (χ4n) is 2.90. The van der Waals surface area contributed by atoms with Gasteiger partial charge in [0.15, 0.2) is 4.96 Å². The molecule has 28 heavy (non-hydrogen) atoms. The summed E-state index contributed by atoms with van der Waals surface area (Å²) >= 11 is 1.48. The van der Waals surface area contributed by atoms with Crippen LogP contribution in [0, 0.1) is 12.7 Å². The number of hydrogen-bond donors (Lipinski definition) is 1. The van der Waals surface area contributed by atoms with E-state index in [9.17, 15) is 9.18 Å². The highest BCUT2D eigenvalue weighted by atomic mass is 32.1. The Morgan fingerprint density at radius 3 is 2.75 bits per heavy atom. The maximum atomic E-state index is 13.7. The van der Waals surface area contributed by atoms with Gasteiger partial charge in [-0.3, -0.25) is 9.20 Å². The lowest BCUT2D eigenvalue weighted by Crippen LogP contribution is -2.15. The highest BCUT2D eigenvalue weighted by Crippen LogP contribution is 2.25. The zero-order valence-electron chi connectivity index (χ0n) is 15.4. The first-order valence-electron chi connectivity index (χ1n) is 8.69. The molecule has 142 valence electrons. The number of amides is 1. The lowest BCUT2D eigenvalue weighted by atomic mass is 10.1. The smallest absolute Gasteiger partial charge is 0.230 e. The number of aryl methyl sites for hydroxylation is 1. The second kappa shape index (κ2) is 7.44. The van der Waals surface area contributed by atoms with Crippen molar-refractivity contribution in [2.75, 3.05) is 12.4 Å². The van der Waals surface area contributed by atoms with Crippen LogP contribution in [0.15, 0.2) is 54.0 Å². The number of carbonyl (C=O) groups excluding carboxylic acids is 1. The number of ether oxygens (including phenoxy) is 1. The molecule has 5 nitrogen and oxygen atoms in total. The molecule has 0 atom stereocenters. The summed E-state index contributed by atoms with van der Waals surface area (Å²) in [5.74, 6) is 0.242. The van der Waals surface area contributed by atoms with Gasteiger partial charge in [-0.1, -0.05) is 6.07 Å². The molecule has 0 unspecified atom stereocenters. The topological polar surface area (TPSA) is 55.6 Å². The van der Waals surface area contributed by atoms with Crippen LogP contribution in [-0.2, 0) is 11.2 Å². The van der Waals surface area contributed by atoms with Crippen LogP contribution >= 0.6 is 11.3 Å². The van der Waals surface area contributed by atoms with Crippen LogP contribution in [0.3, 0.4) is 0 Å². The summed E-state index contributed by atoms with van der Waals surface area (Å²) in [6.07, 6.45) is 2.09. The maximum absolute atomic E-state index is 13.7. The second-order valence-corrected chi connectivity index (χ2v) is 7.26. The number of aromatic nitrogens is 2. The molecule has 0 saturated carbocycles. The van der Waals surface area contributed by atoms with Crippen LogP contribution in [0.4, 0.5) is 10.1 Å². The van der Waals surface area contributed by atoms with Gasteiger partial charge >= 0.3 is 0 Å². The number of halogens is 1. The molecule has 0 aliphatic heterocycles. The number of nitrogens with zero attached hydrogens (tertiary/aromatic N) is 2. The number of rotatable bonds is 5. The van der Waals surface area contributed by atoms with Crippen LogP contribution in [-0.4, -0.2) is 22.4 Å². The molecule has 2 aromatic heterocycles. The Morgan fingerprint density at radius 2 is 2.04 bits per heavy atom. The number of methoxy groups -OCH3 is 1. The van der Waals surface area contributed by atoms with Crippen molar-refractivity contribution < 1.29 is 13.9 Å². The van der Waals surface area contributed by atoms with E-state index in [4.69, 9.17) is 4.74 Å². The van der Waals surface area contributed by atoms with E-state index in [0.717, 1.165) is 27.7 Å². The van der Waals surface area contributed by atoms with Crippen molar-refractivity contribution in [2.24, 2.45) is 0 Å². The van der Waals surface area contributed by atoms with Gasteiger partial charge in [0, 0.05) is 28.5 Å². The Morgan fingerprint density at radius 1 is 1.25 bits per heavy atom. The molecule has 0 saturated heterocycles. The van der Waals surface area contributed by atoms with Crippen molar-refractivity contribution in [3.63, 3.8) is 0 Å². The lowest BCUT2D eigenvalue weighted by molar-refractivity contribution is -0.115. The van der Waals surface area contributed by atoms with Crippen molar-refractivity contribution in [1.29, 1.82) is 0 Å². The predicted octanol–water partition coefficient (Wildman–Crippen LogP) is 4.70. The molecule has 0 aliphatic rings. The summed E-state index contributed by atoms with van der Waals surface area (Å²) in [7, 11) is 1.63. The Bertz CT molecular complexity index is 1150. The number of carbonyl (C=O) groups is 1. The number of fused-ring (bicyclic) bond motifs is 1. The van der Waals surface area contributed by atoms with Crippen LogP contribution in [0.1, 0.15) is 11.3 Å². The van der Waals surface area contributed by atoms with Gasteiger partial charge in [-0.15, -0.1) is 11.3 Å². The number of hydrogen-bond acceptors (Lipinski definition) is 4. The maximum Gasteiger partial charge on any atom is 0.230 e. The zero-order chi connectivity index (χ0) is 19.7. The molecule has 7 heteroatoms. The average molecular weight is 395 g/mol. The molecule has 1 N–H and O–H groups in total. The van der Waals surface area contributed by atoms with Crippen LogP contribution in [0.2, 0.25) is 0 Å². The first kappa shape index (κ1) is 18.2. The minimum Gasteiger partial charge on any atom is -0.497 e. The van der Waals surface area contributed by atoms with E-state index in [-0.39, 0.29) is 18.1 Å². The summed E-state index contributed by atoms with van der Waals surface area (Å²) in [6.45, 7) is 1.68. The van der Waals surface area contributed by atoms with Crippen molar-refractivity contribution >= 4 is 27.9 Å². The molecule has 4 aromatic rings. The van der Waals surface area contributed by atoms with E-state index in [2.05, 4.69) is 10.3 Å². The first-order valence-corrected chi connectivity index (χ1v) is 9.57. The van der Waals surface area contributed by atoms with Gasteiger partial charge in [-0.05, 0) is 48.9 Å². The number of thiazole rings is 1. The molecule has 2 heterocycles. The summed E-state index contributed by atoms with van der Waals surface area (Å²) in [5.41, 5.74) is 3.63. The molecular formula is C21H18FN3O2S. The largest absolute Gasteiger partial charge is 0.497 e. The molecule has 0 aliphatic carbocycles. The third-order valence-corrected chi connectivity index (χ3v) is 5.36. The third-order valence-electron chi connectivity index (χ3n) is 4.47. The molecule has 0 radical (unpaired) electrons. The van der Waals surface area contributed by atoms with Crippen molar-refractivity contribution in [1.82, 2.24) is 9.38 Å². The first-order chi connectivity index (χ1) is 13.5. The molecule has 0 fully saturated rings. The van der Waals surface area contributed by atoms with Crippen LogP contribution in [0.25, 0.3) is 16.2 Å². The number of nitrogens with one attached hydrogen (secondary N) is 1. The fraction of sp³-hybridized carbons (Fsp3) is 0.143. The summed E-state index contributed by atoms with van der Waals surface area (Å²) in [5, 5.41) is 4.65. The van der Waals surface area contributed by atoms with Gasteiger partial charge < -0.3 is 10.1 Å². The highest BCUT2D eigenvalue weighted by Gasteiger charge is 2.13. The normalized spacial score (nSPS) is 11.0. The quantitative estimate of drug-likeness (QED) is 0.533. The van der Waals surface area contributed by atoms with Crippen molar-refractivity contribution in [3.8, 4) is 17.0 Å². The number of benzene rings is 2. The van der Waals surface area contributed by atoms with Gasteiger partial charge in [0.1, 0.15) is 11.6 Å². The Kier molecular flexibility index (Phi) is 4.83. The van der Waals surface area contributed by atoms with Crippen LogP contribution in [0.5, 0.6) is 5.75 Å². The monoisotopic (exact) mass is 395 g/mol. The Labute approximate surface area is 165 Å². The standard InChI is InChI=1S/C21H18FN3O2S/c1-13-3-6-15(9-18(13)22)23-20(26)10-16-12-28-21-24-19(11-25(16)21)14-4-7-17(27-2)8-5-14/h3-9,11-12H,10H2,1-2H3,(H,23,26). The summed E-state index contributed by atoms with van der Waals surface area (Å²) in [4.78, 5) is 17.8. The second-order valence-electron chi connectivity index (χ2n) is 6.42. The van der Waals surface area contributed by atoms with E-state index >= 15 is 0 Å². The minimum absolute atomic E-state index is 0.175. The zero-order valence-corrected chi connectivity index (χ0v) is 16.2. The Balaban J connectivity index is 1.53. The van der Waals surface area contributed by atoms with E-state index in [0.29, 0.717) is 11.3 Å². The third kappa shape index (κ3) is 3.61. The van der Waals surface area contributed by atoms with Gasteiger partial charge in [0.2, 0.25) is 5.91 Å². The van der Waals surface area contributed by atoms with E-state index in [1.165, 1.54) is 17.4 Å².